The molecule has 1 aliphatic rings. The number of ether oxygens (including phenoxy) is 1. The molecule has 3 aromatic rings. The molecule has 162 valence electrons. The average Bonchev–Trinajstić information content (AvgIpc) is 3.15. The third-order valence-electron chi connectivity index (χ3n) is 5.43. The zero-order chi connectivity index (χ0) is 21.1. The molecule has 0 saturated heterocycles. The Labute approximate surface area is 186 Å². The molecule has 2 aromatic carbocycles. The second-order valence-corrected chi connectivity index (χ2v) is 7.36. The van der Waals surface area contributed by atoms with Gasteiger partial charge < -0.3 is 19.3 Å². The number of methoxy groups -OCH3 is 1. The monoisotopic (exact) mass is 441 g/mol. The lowest BCUT2D eigenvalue weighted by atomic mass is 10.0. The molecule has 7 nitrogen and oxygen atoms in total. The van der Waals surface area contributed by atoms with E-state index in [9.17, 15) is 14.7 Å². The maximum atomic E-state index is 12.9. The summed E-state index contributed by atoms with van der Waals surface area (Å²) in [5, 5.41) is 9.80. The summed E-state index contributed by atoms with van der Waals surface area (Å²) in [5.74, 6) is -0.520. The SMILES string of the molecule is COc1ccc(CC(=O)N2Cc3ncn(Cc4ccccc4)c3C[C@H]2C(=O)O)cc1.Cl. The van der Waals surface area contributed by atoms with Crippen LogP contribution in [-0.4, -0.2) is 44.6 Å². The van der Waals surface area contributed by atoms with Crippen molar-refractivity contribution in [1.29, 1.82) is 0 Å². The molecule has 0 saturated carbocycles. The lowest BCUT2D eigenvalue weighted by Gasteiger charge is -2.33. The number of carboxylic acid groups (broad SMARTS) is 1. The van der Waals surface area contributed by atoms with Crippen LogP contribution in [0.25, 0.3) is 0 Å². The van der Waals surface area contributed by atoms with Crippen LogP contribution in [0.4, 0.5) is 0 Å². The molecule has 0 fully saturated rings. The number of halogens is 1. The van der Waals surface area contributed by atoms with Gasteiger partial charge in [0.25, 0.3) is 0 Å². The lowest BCUT2D eigenvalue weighted by molar-refractivity contribution is -0.151. The fraction of sp³-hybridized carbons (Fsp3) is 0.261. The highest BCUT2D eigenvalue weighted by atomic mass is 35.5. The predicted molar refractivity (Wildman–Crippen MR) is 117 cm³/mol. The minimum Gasteiger partial charge on any atom is -0.497 e. The molecular weight excluding hydrogens is 418 g/mol. The first-order valence-corrected chi connectivity index (χ1v) is 9.77. The number of nitrogens with zero attached hydrogens (tertiary/aromatic N) is 3. The summed E-state index contributed by atoms with van der Waals surface area (Å²) in [5.41, 5.74) is 3.55. The third kappa shape index (κ3) is 4.88. The zero-order valence-corrected chi connectivity index (χ0v) is 17.9. The molecule has 0 unspecified atom stereocenters. The van der Waals surface area contributed by atoms with Gasteiger partial charge in [-0.3, -0.25) is 4.79 Å². The van der Waals surface area contributed by atoms with Gasteiger partial charge in [-0.1, -0.05) is 42.5 Å². The Morgan fingerprint density at radius 1 is 1.10 bits per heavy atom. The molecule has 0 aliphatic carbocycles. The van der Waals surface area contributed by atoms with Gasteiger partial charge in [-0.15, -0.1) is 12.4 Å². The fourth-order valence-electron chi connectivity index (χ4n) is 3.80. The number of aromatic nitrogens is 2. The van der Waals surface area contributed by atoms with Gasteiger partial charge in [-0.25, -0.2) is 9.78 Å². The Morgan fingerprint density at radius 2 is 1.81 bits per heavy atom. The molecule has 2 heterocycles. The van der Waals surface area contributed by atoms with Crippen LogP contribution in [0, 0.1) is 0 Å². The van der Waals surface area contributed by atoms with Gasteiger partial charge in [0.2, 0.25) is 5.91 Å². The van der Waals surface area contributed by atoms with Crippen LogP contribution in [-0.2, 0) is 35.5 Å². The van der Waals surface area contributed by atoms with Gasteiger partial charge in [-0.2, -0.15) is 0 Å². The van der Waals surface area contributed by atoms with Gasteiger partial charge >= 0.3 is 5.97 Å². The van der Waals surface area contributed by atoms with Crippen LogP contribution in [0.1, 0.15) is 22.5 Å². The first kappa shape index (κ1) is 22.4. The third-order valence-corrected chi connectivity index (χ3v) is 5.43. The number of aliphatic carboxylic acids is 1. The van der Waals surface area contributed by atoms with Crippen molar-refractivity contribution in [3.05, 3.63) is 83.4 Å². The molecule has 1 amide bonds. The highest BCUT2D eigenvalue weighted by Crippen LogP contribution is 2.25. The lowest BCUT2D eigenvalue weighted by Crippen LogP contribution is -2.49. The smallest absolute Gasteiger partial charge is 0.326 e. The topological polar surface area (TPSA) is 84.7 Å². The number of carbonyl (C=O) groups excluding carboxylic acids is 1. The van der Waals surface area contributed by atoms with Gasteiger partial charge in [-0.05, 0) is 23.3 Å². The Balaban J connectivity index is 0.00000272. The van der Waals surface area contributed by atoms with Crippen LogP contribution in [0.15, 0.2) is 60.9 Å². The first-order chi connectivity index (χ1) is 14.5. The summed E-state index contributed by atoms with van der Waals surface area (Å²) in [4.78, 5) is 30.8. The largest absolute Gasteiger partial charge is 0.497 e. The second kappa shape index (κ2) is 9.66. The molecule has 0 radical (unpaired) electrons. The van der Waals surface area contributed by atoms with E-state index in [1.54, 1.807) is 25.6 Å². The van der Waals surface area contributed by atoms with Crippen molar-refractivity contribution in [2.75, 3.05) is 7.11 Å². The quantitative estimate of drug-likeness (QED) is 0.635. The molecule has 1 aliphatic heterocycles. The summed E-state index contributed by atoms with van der Waals surface area (Å²) in [6.07, 6.45) is 2.10. The Morgan fingerprint density at radius 3 is 2.45 bits per heavy atom. The number of benzene rings is 2. The summed E-state index contributed by atoms with van der Waals surface area (Å²) in [7, 11) is 1.58. The van der Waals surface area contributed by atoms with Gasteiger partial charge in [0, 0.05) is 18.7 Å². The number of rotatable bonds is 6. The molecule has 4 rings (SSSR count). The summed E-state index contributed by atoms with van der Waals surface area (Å²) >= 11 is 0. The molecule has 8 heteroatoms. The first-order valence-electron chi connectivity index (χ1n) is 9.77. The Hall–Kier alpha value is -3.32. The Bertz CT molecular complexity index is 1050. The van der Waals surface area contributed by atoms with Gasteiger partial charge in [0.1, 0.15) is 11.8 Å². The van der Waals surface area contributed by atoms with E-state index >= 15 is 0 Å². The number of fused-ring (bicyclic) bond motifs is 1. The maximum Gasteiger partial charge on any atom is 0.326 e. The van der Waals surface area contributed by atoms with Crippen molar-refractivity contribution in [3.63, 3.8) is 0 Å². The summed E-state index contributed by atoms with van der Waals surface area (Å²) in [6, 6.07) is 16.2. The van der Waals surface area contributed by atoms with Crippen LogP contribution in [0.5, 0.6) is 5.75 Å². The van der Waals surface area contributed by atoms with E-state index < -0.39 is 12.0 Å². The second-order valence-electron chi connectivity index (χ2n) is 7.36. The Kier molecular flexibility index (Phi) is 6.97. The summed E-state index contributed by atoms with van der Waals surface area (Å²) in [6.45, 7) is 0.818. The summed E-state index contributed by atoms with van der Waals surface area (Å²) < 4.78 is 7.12. The normalized spacial score (nSPS) is 15.0. The average molecular weight is 442 g/mol. The molecule has 31 heavy (non-hydrogen) atoms. The minimum atomic E-state index is -1.00. The highest BCUT2D eigenvalue weighted by molar-refractivity contribution is 5.86. The van der Waals surface area contributed by atoms with Crippen LogP contribution < -0.4 is 4.74 Å². The van der Waals surface area contributed by atoms with Gasteiger partial charge in [0.05, 0.1) is 32.1 Å². The number of carboxylic acids is 1. The van der Waals surface area contributed by atoms with Crippen LogP contribution in [0.3, 0.4) is 0 Å². The number of carbonyl (C=O) groups is 2. The number of imidazole rings is 1. The molecular formula is C23H24ClN3O4. The van der Waals surface area contributed by atoms with Crippen molar-refractivity contribution in [2.24, 2.45) is 0 Å². The van der Waals surface area contributed by atoms with Crippen molar-refractivity contribution >= 4 is 24.3 Å². The van der Waals surface area contributed by atoms with Crippen LogP contribution in [0.2, 0.25) is 0 Å². The standard InChI is InChI=1S/C23H23N3O4.ClH/c1-30-18-9-7-16(8-10-18)11-22(27)26-14-19-20(12-21(26)23(28)29)25(15-24-19)13-17-5-3-2-4-6-17;/h2-10,15,21H,11-14H2,1H3,(H,28,29);1H/t21-;/m0./s1. The zero-order valence-electron chi connectivity index (χ0n) is 17.1. The van der Waals surface area contributed by atoms with E-state index in [2.05, 4.69) is 4.98 Å². The van der Waals surface area contributed by atoms with Gasteiger partial charge in [0.15, 0.2) is 0 Å². The van der Waals surface area contributed by atoms with E-state index in [0.717, 1.165) is 22.5 Å². The number of hydrogen-bond acceptors (Lipinski definition) is 4. The highest BCUT2D eigenvalue weighted by Gasteiger charge is 2.36. The van der Waals surface area contributed by atoms with E-state index in [-0.39, 0.29) is 37.7 Å². The van der Waals surface area contributed by atoms with Crippen LogP contribution >= 0.6 is 12.4 Å². The van der Waals surface area contributed by atoms with Crippen molar-refractivity contribution in [3.8, 4) is 5.75 Å². The molecule has 0 bridgehead atoms. The van der Waals surface area contributed by atoms with E-state index in [1.807, 2.05) is 47.0 Å². The minimum absolute atomic E-state index is 0. The van der Waals surface area contributed by atoms with E-state index in [1.165, 1.54) is 4.90 Å². The molecule has 0 spiro atoms. The predicted octanol–water partition coefficient (Wildman–Crippen LogP) is 2.94. The molecule has 1 N–H and O–H groups in total. The molecule has 1 aromatic heterocycles. The van der Waals surface area contributed by atoms with Crippen molar-refractivity contribution in [2.45, 2.75) is 32.0 Å². The number of hydrogen-bond donors (Lipinski definition) is 1. The van der Waals surface area contributed by atoms with E-state index in [4.69, 9.17) is 4.74 Å². The van der Waals surface area contributed by atoms with E-state index in [0.29, 0.717) is 12.3 Å². The number of amides is 1. The maximum absolute atomic E-state index is 12.9. The van der Waals surface area contributed by atoms with Crippen molar-refractivity contribution in [1.82, 2.24) is 14.5 Å². The van der Waals surface area contributed by atoms with Crippen molar-refractivity contribution < 1.29 is 19.4 Å². The molecule has 1 atom stereocenters. The fourth-order valence-corrected chi connectivity index (χ4v) is 3.80.